The molecular weight excluding hydrogens is 408 g/mol. The maximum absolute atomic E-state index is 10.4. The van der Waals surface area contributed by atoms with E-state index in [0.29, 0.717) is 0 Å². The Bertz CT molecular complexity index is 802. The lowest BCUT2D eigenvalue weighted by molar-refractivity contribution is -0.287. The number of hydrogen-bond donors (Lipinski definition) is 4. The fourth-order valence-corrected chi connectivity index (χ4v) is 3.34. The SMILES string of the molecule is [N-]=[N+]=NCC1O[C@H](O[C@H]2C(N=[N+]=[N-])C[C@H](N=[N+]=[N-])C(O)[C@@H]2O)C(N=[N+]=[N-])[C@@H](O)[C@H]1O. The Balaban J connectivity index is 2.33. The zero-order valence-electron chi connectivity index (χ0n) is 15.2. The molecule has 0 amide bonds. The second-order valence-electron chi connectivity index (χ2n) is 6.50. The molecule has 0 spiro atoms. The molecule has 1 aliphatic heterocycles. The van der Waals surface area contributed by atoms with E-state index in [9.17, 15) is 20.4 Å². The van der Waals surface area contributed by atoms with Gasteiger partial charge in [0.2, 0.25) is 0 Å². The van der Waals surface area contributed by atoms with Crippen LogP contribution >= 0.6 is 0 Å². The Labute approximate surface area is 167 Å². The number of aliphatic hydroxyl groups excluding tert-OH is 4. The fourth-order valence-electron chi connectivity index (χ4n) is 3.34. The van der Waals surface area contributed by atoms with Crippen molar-refractivity contribution in [2.45, 2.75) is 67.5 Å². The molecule has 0 aromatic rings. The van der Waals surface area contributed by atoms with Gasteiger partial charge in [-0.2, -0.15) is 0 Å². The summed E-state index contributed by atoms with van der Waals surface area (Å²) in [7, 11) is 0. The van der Waals surface area contributed by atoms with Crippen LogP contribution in [-0.2, 0) is 9.47 Å². The lowest BCUT2D eigenvalue weighted by atomic mass is 9.84. The quantitative estimate of drug-likeness (QED) is 0.251. The van der Waals surface area contributed by atoms with Crippen LogP contribution < -0.4 is 0 Å². The minimum atomic E-state index is -1.71. The highest BCUT2D eigenvalue weighted by Gasteiger charge is 2.49. The first kappa shape index (κ1) is 23.3. The third-order valence-corrected chi connectivity index (χ3v) is 4.81. The Kier molecular flexibility index (Phi) is 8.29. The van der Waals surface area contributed by atoms with E-state index in [4.69, 9.17) is 31.6 Å². The molecule has 0 aromatic carbocycles. The third kappa shape index (κ3) is 4.94. The summed E-state index contributed by atoms with van der Waals surface area (Å²) in [5.74, 6) is 0. The van der Waals surface area contributed by atoms with Crippen molar-refractivity contribution in [3.05, 3.63) is 41.8 Å². The molecule has 0 aromatic heterocycles. The van der Waals surface area contributed by atoms with Crippen LogP contribution in [-0.4, -0.2) is 88.0 Å². The maximum atomic E-state index is 10.4. The van der Waals surface area contributed by atoms with Gasteiger partial charge in [0.25, 0.3) is 0 Å². The number of nitrogens with zero attached hydrogens (tertiary/aromatic N) is 12. The van der Waals surface area contributed by atoms with Gasteiger partial charge in [-0.15, -0.1) is 0 Å². The molecule has 2 rings (SSSR count). The first-order valence-corrected chi connectivity index (χ1v) is 8.56. The van der Waals surface area contributed by atoms with E-state index in [0.717, 1.165) is 0 Å². The number of ether oxygens (including phenoxy) is 2. The van der Waals surface area contributed by atoms with Gasteiger partial charge >= 0.3 is 0 Å². The average Bonchev–Trinajstić information content (AvgIpc) is 2.73. The molecule has 162 valence electrons. The molecule has 2 aliphatic rings. The van der Waals surface area contributed by atoms with Crippen LogP contribution in [0.1, 0.15) is 6.42 Å². The van der Waals surface area contributed by atoms with Crippen LogP contribution in [0.25, 0.3) is 41.8 Å². The van der Waals surface area contributed by atoms with Crippen LogP contribution in [0.3, 0.4) is 0 Å². The number of rotatable bonds is 7. The Morgan fingerprint density at radius 3 is 2.03 bits per heavy atom. The standard InChI is InChI=1S/C12H18N12O6/c13-21-17-2-5-8(26)9(27)6(20-24-16)12(29-5)30-11-4(19-23-15)1-3(18-22-14)7(25)10(11)28/h3-12,25-28H,1-2H2/t3-,4?,5?,6?,7?,8-,9+,10-,11-,12+/m0/s1. The smallest absolute Gasteiger partial charge is 0.169 e. The predicted molar refractivity (Wildman–Crippen MR) is 95.0 cm³/mol. The van der Waals surface area contributed by atoms with E-state index in [1.165, 1.54) is 0 Å². The number of azide groups is 4. The van der Waals surface area contributed by atoms with Gasteiger partial charge in [-0.3, -0.25) is 0 Å². The van der Waals surface area contributed by atoms with E-state index in [1.807, 2.05) is 0 Å². The van der Waals surface area contributed by atoms with Gasteiger partial charge < -0.3 is 29.9 Å². The van der Waals surface area contributed by atoms with Gasteiger partial charge in [0.1, 0.15) is 18.2 Å². The maximum Gasteiger partial charge on any atom is 0.169 e. The zero-order chi connectivity index (χ0) is 22.3. The molecule has 0 radical (unpaired) electrons. The van der Waals surface area contributed by atoms with E-state index in [2.05, 4.69) is 40.1 Å². The Morgan fingerprint density at radius 2 is 1.43 bits per heavy atom. The van der Waals surface area contributed by atoms with Crippen LogP contribution in [0.2, 0.25) is 0 Å². The summed E-state index contributed by atoms with van der Waals surface area (Å²) in [6, 6.07) is -3.72. The first-order chi connectivity index (χ1) is 14.4. The van der Waals surface area contributed by atoms with Crippen molar-refractivity contribution in [3.8, 4) is 0 Å². The van der Waals surface area contributed by atoms with Gasteiger partial charge in [-0.25, -0.2) is 0 Å². The van der Waals surface area contributed by atoms with E-state index in [-0.39, 0.29) is 6.42 Å². The highest BCUT2D eigenvalue weighted by molar-refractivity contribution is 5.02. The van der Waals surface area contributed by atoms with Crippen molar-refractivity contribution in [2.24, 2.45) is 20.5 Å². The van der Waals surface area contributed by atoms with Crippen LogP contribution in [0.5, 0.6) is 0 Å². The third-order valence-electron chi connectivity index (χ3n) is 4.81. The molecule has 1 heterocycles. The van der Waals surface area contributed by atoms with E-state index < -0.39 is 67.6 Å². The Morgan fingerprint density at radius 1 is 0.800 bits per heavy atom. The largest absolute Gasteiger partial charge is 0.390 e. The summed E-state index contributed by atoms with van der Waals surface area (Å²) in [6.07, 6.45) is -11.0. The molecular formula is C12H18N12O6. The van der Waals surface area contributed by atoms with Crippen molar-refractivity contribution >= 4 is 0 Å². The van der Waals surface area contributed by atoms with E-state index >= 15 is 0 Å². The minimum absolute atomic E-state index is 0.177. The second kappa shape index (κ2) is 10.7. The van der Waals surface area contributed by atoms with Crippen LogP contribution in [0.15, 0.2) is 20.5 Å². The van der Waals surface area contributed by atoms with Gasteiger partial charge in [-0.1, -0.05) is 20.5 Å². The van der Waals surface area contributed by atoms with Gasteiger partial charge in [0, 0.05) is 19.6 Å². The molecule has 4 N–H and O–H groups in total. The average molecular weight is 426 g/mol. The molecule has 1 aliphatic carbocycles. The summed E-state index contributed by atoms with van der Waals surface area (Å²) < 4.78 is 11.1. The van der Waals surface area contributed by atoms with E-state index in [1.54, 1.807) is 0 Å². The molecule has 30 heavy (non-hydrogen) atoms. The topological polar surface area (TPSA) is 294 Å². The molecule has 1 saturated heterocycles. The monoisotopic (exact) mass is 426 g/mol. The molecule has 0 bridgehead atoms. The molecule has 18 heteroatoms. The summed E-state index contributed by atoms with van der Waals surface area (Å²) in [6.45, 7) is -0.397. The molecule has 10 atom stereocenters. The van der Waals surface area contributed by atoms with Crippen molar-refractivity contribution in [3.63, 3.8) is 0 Å². The molecule has 2 fully saturated rings. The number of hydrogen-bond acceptors (Lipinski definition) is 10. The summed E-state index contributed by atoms with van der Waals surface area (Å²) in [5.41, 5.74) is 34.6. The Hall–Kier alpha value is -3.00. The van der Waals surface area contributed by atoms with Crippen molar-refractivity contribution in [1.82, 2.24) is 0 Å². The fraction of sp³-hybridized carbons (Fsp3) is 1.00. The van der Waals surface area contributed by atoms with Crippen LogP contribution in [0, 0.1) is 0 Å². The van der Waals surface area contributed by atoms with Gasteiger partial charge in [0.05, 0.1) is 43.0 Å². The minimum Gasteiger partial charge on any atom is -0.390 e. The summed E-state index contributed by atoms with van der Waals surface area (Å²) in [4.78, 5) is 10.3. The van der Waals surface area contributed by atoms with Crippen molar-refractivity contribution in [2.75, 3.05) is 6.54 Å². The lowest BCUT2D eigenvalue weighted by Crippen LogP contribution is -2.62. The van der Waals surface area contributed by atoms with Crippen molar-refractivity contribution < 1.29 is 29.9 Å². The van der Waals surface area contributed by atoms with Gasteiger partial charge in [0.15, 0.2) is 6.29 Å². The van der Waals surface area contributed by atoms with Gasteiger partial charge in [-0.05, 0) is 28.5 Å². The molecule has 18 nitrogen and oxygen atoms in total. The highest BCUT2D eigenvalue weighted by Crippen LogP contribution is 2.32. The summed E-state index contributed by atoms with van der Waals surface area (Å²) in [5, 5.41) is 54.4. The summed E-state index contributed by atoms with van der Waals surface area (Å²) >= 11 is 0. The number of aliphatic hydroxyl groups is 4. The molecule has 4 unspecified atom stereocenters. The predicted octanol–water partition coefficient (Wildman–Crippen LogP) is 0.291. The lowest BCUT2D eigenvalue weighted by Gasteiger charge is -2.45. The zero-order valence-corrected chi connectivity index (χ0v) is 15.2. The first-order valence-electron chi connectivity index (χ1n) is 8.56. The second-order valence-corrected chi connectivity index (χ2v) is 6.50. The molecule has 1 saturated carbocycles. The normalized spacial score (nSPS) is 40.7. The highest BCUT2D eigenvalue weighted by atomic mass is 16.7. The van der Waals surface area contributed by atoms with Crippen molar-refractivity contribution in [1.29, 1.82) is 0 Å². The van der Waals surface area contributed by atoms with Crippen LogP contribution in [0.4, 0.5) is 0 Å².